The zero-order chi connectivity index (χ0) is 22.8. The summed E-state index contributed by atoms with van der Waals surface area (Å²) in [4.78, 5) is 23.8. The summed E-state index contributed by atoms with van der Waals surface area (Å²) in [5.41, 5.74) is 4.11. The summed E-state index contributed by atoms with van der Waals surface area (Å²) in [6, 6.07) is 20.0. The number of nitrogens with one attached hydrogen (secondary N) is 2. The molecular weight excluding hydrogens is 413 g/mol. The topological polar surface area (TPSA) is 89.0 Å². The van der Waals surface area contributed by atoms with Crippen LogP contribution in [0.5, 0.6) is 11.5 Å². The Balaban J connectivity index is 1.58. The Morgan fingerprint density at radius 3 is 2.41 bits per heavy atom. The number of carbonyl (C=O) groups is 2. The molecule has 8 heteroatoms. The molecule has 2 amide bonds. The Kier molecular flexibility index (Phi) is 7.91. The molecule has 0 unspecified atom stereocenters. The largest absolute Gasteiger partial charge is 0.490 e. The molecule has 0 spiro atoms. The fraction of sp³-hybridized carbons (Fsp3) is 0.125. The van der Waals surface area contributed by atoms with Crippen molar-refractivity contribution in [2.75, 3.05) is 11.9 Å². The average Bonchev–Trinajstić information content (AvgIpc) is 2.81. The summed E-state index contributed by atoms with van der Waals surface area (Å²) in [5, 5.41) is 6.15. The highest BCUT2D eigenvalue weighted by molar-refractivity contribution is 6.39. The van der Waals surface area contributed by atoms with Crippen molar-refractivity contribution in [3.63, 3.8) is 0 Å². The van der Waals surface area contributed by atoms with Crippen molar-refractivity contribution >= 4 is 23.7 Å². The molecule has 164 valence electrons. The van der Waals surface area contributed by atoms with Crippen LogP contribution in [0, 0.1) is 5.82 Å². The number of ether oxygens (including phenoxy) is 2. The van der Waals surface area contributed by atoms with Gasteiger partial charge in [0.05, 0.1) is 12.8 Å². The first-order valence-electron chi connectivity index (χ1n) is 9.88. The standard InChI is InChI=1S/C24H22FN3O4/c1-2-31-22-14-18(8-13-21(22)32-16-17-6-4-3-5-7-17)15-26-28-24(30)23(29)27-20-11-9-19(25)10-12-20/h3-15H,2,16H2,1H3,(H,27,29)(H,28,30)/b26-15-. The van der Waals surface area contributed by atoms with Gasteiger partial charge in [-0.2, -0.15) is 5.10 Å². The predicted octanol–water partition coefficient (Wildman–Crippen LogP) is 3.89. The summed E-state index contributed by atoms with van der Waals surface area (Å²) >= 11 is 0. The van der Waals surface area contributed by atoms with Gasteiger partial charge < -0.3 is 14.8 Å². The number of rotatable bonds is 8. The number of nitrogens with zero attached hydrogens (tertiary/aromatic N) is 1. The van der Waals surface area contributed by atoms with Crippen LogP contribution in [0.1, 0.15) is 18.1 Å². The fourth-order valence-corrected chi connectivity index (χ4v) is 2.67. The normalized spacial score (nSPS) is 10.6. The van der Waals surface area contributed by atoms with Crippen molar-refractivity contribution in [2.24, 2.45) is 5.10 Å². The smallest absolute Gasteiger partial charge is 0.329 e. The maximum Gasteiger partial charge on any atom is 0.329 e. The molecule has 3 aromatic carbocycles. The number of anilines is 1. The summed E-state index contributed by atoms with van der Waals surface area (Å²) in [5.74, 6) is -1.21. The van der Waals surface area contributed by atoms with Gasteiger partial charge in [-0.1, -0.05) is 30.3 Å². The van der Waals surface area contributed by atoms with E-state index in [1.807, 2.05) is 37.3 Å². The lowest BCUT2D eigenvalue weighted by molar-refractivity contribution is -0.136. The number of hydrazone groups is 1. The van der Waals surface area contributed by atoms with E-state index in [2.05, 4.69) is 15.8 Å². The minimum absolute atomic E-state index is 0.294. The Hall–Kier alpha value is -4.20. The Bertz CT molecular complexity index is 1090. The zero-order valence-electron chi connectivity index (χ0n) is 17.4. The second kappa shape index (κ2) is 11.3. The highest BCUT2D eigenvalue weighted by atomic mass is 19.1. The van der Waals surface area contributed by atoms with E-state index in [1.165, 1.54) is 30.5 Å². The van der Waals surface area contributed by atoms with Crippen LogP contribution in [0.4, 0.5) is 10.1 Å². The summed E-state index contributed by atoms with van der Waals surface area (Å²) in [6.45, 7) is 2.71. The van der Waals surface area contributed by atoms with Gasteiger partial charge in [-0.3, -0.25) is 9.59 Å². The van der Waals surface area contributed by atoms with Crippen LogP contribution < -0.4 is 20.2 Å². The lowest BCUT2D eigenvalue weighted by Crippen LogP contribution is -2.32. The van der Waals surface area contributed by atoms with Crippen LogP contribution in [-0.2, 0) is 16.2 Å². The monoisotopic (exact) mass is 435 g/mol. The molecule has 3 rings (SSSR count). The number of hydrogen-bond donors (Lipinski definition) is 2. The minimum atomic E-state index is -0.960. The number of carbonyl (C=O) groups excluding carboxylic acids is 2. The van der Waals surface area contributed by atoms with E-state index in [1.54, 1.807) is 18.2 Å². The van der Waals surface area contributed by atoms with Gasteiger partial charge in [0.15, 0.2) is 11.5 Å². The number of amides is 2. The van der Waals surface area contributed by atoms with Gasteiger partial charge in [0.2, 0.25) is 0 Å². The first kappa shape index (κ1) is 22.5. The molecule has 3 aromatic rings. The molecule has 0 aliphatic heterocycles. The van der Waals surface area contributed by atoms with Crippen LogP contribution in [0.25, 0.3) is 0 Å². The molecule has 0 fully saturated rings. The molecule has 0 heterocycles. The summed E-state index contributed by atoms with van der Waals surface area (Å²) in [6.07, 6.45) is 1.38. The van der Waals surface area contributed by atoms with Gasteiger partial charge in [0.25, 0.3) is 0 Å². The van der Waals surface area contributed by atoms with Crippen molar-refractivity contribution in [1.82, 2.24) is 5.43 Å². The second-order valence-corrected chi connectivity index (χ2v) is 6.57. The molecule has 0 radical (unpaired) electrons. The van der Waals surface area contributed by atoms with E-state index in [9.17, 15) is 14.0 Å². The van der Waals surface area contributed by atoms with Crippen LogP contribution >= 0.6 is 0 Å². The third-order valence-electron chi connectivity index (χ3n) is 4.19. The highest BCUT2D eigenvalue weighted by Crippen LogP contribution is 2.28. The Labute approximate surface area is 184 Å². The maximum atomic E-state index is 12.9. The van der Waals surface area contributed by atoms with E-state index in [0.29, 0.717) is 36.0 Å². The Morgan fingerprint density at radius 1 is 0.938 bits per heavy atom. The first-order valence-corrected chi connectivity index (χ1v) is 9.88. The van der Waals surface area contributed by atoms with E-state index < -0.39 is 17.6 Å². The molecule has 32 heavy (non-hydrogen) atoms. The highest BCUT2D eigenvalue weighted by Gasteiger charge is 2.13. The van der Waals surface area contributed by atoms with E-state index in [4.69, 9.17) is 9.47 Å². The van der Waals surface area contributed by atoms with E-state index >= 15 is 0 Å². The van der Waals surface area contributed by atoms with Gasteiger partial charge in [-0.25, -0.2) is 9.82 Å². The van der Waals surface area contributed by atoms with Crippen molar-refractivity contribution in [2.45, 2.75) is 13.5 Å². The summed E-state index contributed by atoms with van der Waals surface area (Å²) < 4.78 is 24.4. The zero-order valence-corrected chi connectivity index (χ0v) is 17.4. The van der Waals surface area contributed by atoms with Crippen molar-refractivity contribution in [3.05, 3.63) is 89.7 Å². The van der Waals surface area contributed by atoms with Gasteiger partial charge in [0.1, 0.15) is 12.4 Å². The molecule has 0 aliphatic rings. The van der Waals surface area contributed by atoms with Crippen molar-refractivity contribution in [3.8, 4) is 11.5 Å². The molecular formula is C24H22FN3O4. The lowest BCUT2D eigenvalue weighted by Gasteiger charge is -2.12. The average molecular weight is 435 g/mol. The number of hydrogen-bond acceptors (Lipinski definition) is 5. The van der Waals surface area contributed by atoms with Gasteiger partial charge >= 0.3 is 11.8 Å². The van der Waals surface area contributed by atoms with E-state index in [0.717, 1.165) is 5.56 Å². The molecule has 0 aromatic heterocycles. The molecule has 7 nitrogen and oxygen atoms in total. The maximum absolute atomic E-state index is 12.9. The molecule has 0 aliphatic carbocycles. The number of benzene rings is 3. The fourth-order valence-electron chi connectivity index (χ4n) is 2.67. The van der Waals surface area contributed by atoms with Gasteiger partial charge in [0, 0.05) is 5.69 Å². The summed E-state index contributed by atoms with van der Waals surface area (Å²) in [7, 11) is 0. The van der Waals surface area contributed by atoms with Crippen LogP contribution in [0.15, 0.2) is 77.9 Å². The molecule has 0 saturated heterocycles. The third kappa shape index (κ3) is 6.66. The van der Waals surface area contributed by atoms with Crippen LogP contribution in [0.3, 0.4) is 0 Å². The van der Waals surface area contributed by atoms with Gasteiger partial charge in [-0.15, -0.1) is 0 Å². The molecule has 0 saturated carbocycles. The molecule has 0 bridgehead atoms. The Morgan fingerprint density at radius 2 is 1.69 bits per heavy atom. The predicted molar refractivity (Wildman–Crippen MR) is 119 cm³/mol. The van der Waals surface area contributed by atoms with Crippen LogP contribution in [0.2, 0.25) is 0 Å². The number of halogens is 1. The second-order valence-electron chi connectivity index (χ2n) is 6.57. The molecule has 2 N–H and O–H groups in total. The molecule has 0 atom stereocenters. The third-order valence-corrected chi connectivity index (χ3v) is 4.19. The van der Waals surface area contributed by atoms with E-state index in [-0.39, 0.29) is 0 Å². The van der Waals surface area contributed by atoms with Gasteiger partial charge in [-0.05, 0) is 60.5 Å². The van der Waals surface area contributed by atoms with Crippen molar-refractivity contribution < 1.29 is 23.5 Å². The van der Waals surface area contributed by atoms with Crippen LogP contribution in [-0.4, -0.2) is 24.6 Å². The first-order chi connectivity index (χ1) is 15.5. The quantitative estimate of drug-likeness (QED) is 0.319. The minimum Gasteiger partial charge on any atom is -0.490 e. The lowest BCUT2D eigenvalue weighted by atomic mass is 10.2. The van der Waals surface area contributed by atoms with Crippen molar-refractivity contribution in [1.29, 1.82) is 0 Å². The SMILES string of the molecule is CCOc1cc(/C=N\NC(=O)C(=O)Nc2ccc(F)cc2)ccc1OCc1ccccc1.